The summed E-state index contributed by atoms with van der Waals surface area (Å²) in [7, 11) is 1.60. The van der Waals surface area contributed by atoms with Crippen LogP contribution in [0.25, 0.3) is 16.9 Å². The predicted octanol–water partition coefficient (Wildman–Crippen LogP) is 5.71. The minimum Gasteiger partial charge on any atom is -0.497 e. The van der Waals surface area contributed by atoms with Gasteiger partial charge in [0.15, 0.2) is 0 Å². The number of amides is 2. The van der Waals surface area contributed by atoms with Crippen molar-refractivity contribution in [2.75, 3.05) is 33.3 Å². The molecule has 4 aromatic rings. The highest BCUT2D eigenvalue weighted by atomic mass is 35.5. The van der Waals surface area contributed by atoms with Gasteiger partial charge in [0, 0.05) is 48.1 Å². The van der Waals surface area contributed by atoms with E-state index >= 15 is 0 Å². The van der Waals surface area contributed by atoms with E-state index in [9.17, 15) is 9.59 Å². The third-order valence-electron chi connectivity index (χ3n) is 6.82. The van der Waals surface area contributed by atoms with Crippen molar-refractivity contribution in [3.05, 3.63) is 107 Å². The molecule has 0 spiro atoms. The van der Waals surface area contributed by atoms with Crippen molar-refractivity contribution in [1.29, 1.82) is 0 Å². The summed E-state index contributed by atoms with van der Waals surface area (Å²) in [6.07, 6.45) is 0. The molecule has 0 aliphatic carbocycles. The molecule has 6 nitrogen and oxygen atoms in total. The van der Waals surface area contributed by atoms with E-state index < -0.39 is 0 Å². The van der Waals surface area contributed by atoms with E-state index in [1.807, 2.05) is 72.5 Å². The molecular weight excluding hydrogens is 486 g/mol. The molecule has 0 saturated carbocycles. The van der Waals surface area contributed by atoms with Gasteiger partial charge in [-0.1, -0.05) is 41.9 Å². The normalized spacial score (nSPS) is 13.5. The third kappa shape index (κ3) is 4.98. The van der Waals surface area contributed by atoms with E-state index in [4.69, 9.17) is 16.3 Å². The number of ether oxygens (including phenoxy) is 1. The number of rotatable bonds is 5. The summed E-state index contributed by atoms with van der Waals surface area (Å²) in [5.74, 6) is 0.646. The van der Waals surface area contributed by atoms with Crippen LogP contribution in [0.3, 0.4) is 0 Å². The Hall–Kier alpha value is -4.03. The van der Waals surface area contributed by atoms with Crippen molar-refractivity contribution in [3.8, 4) is 22.7 Å². The average molecular weight is 514 g/mol. The third-order valence-corrected chi connectivity index (χ3v) is 7.07. The fraction of sp³-hybridized carbons (Fsp3) is 0.200. The maximum atomic E-state index is 13.7. The maximum Gasteiger partial charge on any atom is 0.255 e. The molecule has 1 aliphatic heterocycles. The molecule has 5 rings (SSSR count). The van der Waals surface area contributed by atoms with Crippen LogP contribution in [0.2, 0.25) is 5.02 Å². The molecule has 1 fully saturated rings. The highest BCUT2D eigenvalue weighted by Crippen LogP contribution is 2.31. The summed E-state index contributed by atoms with van der Waals surface area (Å²) in [6, 6.07) is 26.7. The predicted molar refractivity (Wildman–Crippen MR) is 146 cm³/mol. The van der Waals surface area contributed by atoms with Gasteiger partial charge >= 0.3 is 0 Å². The lowest BCUT2D eigenvalue weighted by atomic mass is 10.1. The second kappa shape index (κ2) is 10.5. The first-order valence-electron chi connectivity index (χ1n) is 12.2. The molecular formula is C30H28ClN3O3. The van der Waals surface area contributed by atoms with E-state index in [1.54, 1.807) is 36.3 Å². The van der Waals surface area contributed by atoms with E-state index in [-0.39, 0.29) is 11.8 Å². The zero-order valence-corrected chi connectivity index (χ0v) is 21.6. The van der Waals surface area contributed by atoms with Gasteiger partial charge in [0.25, 0.3) is 11.8 Å². The quantitative estimate of drug-likeness (QED) is 0.343. The number of para-hydroxylation sites is 1. The van der Waals surface area contributed by atoms with Crippen LogP contribution in [0, 0.1) is 6.92 Å². The average Bonchev–Trinajstić information content (AvgIpc) is 3.30. The fourth-order valence-electron chi connectivity index (χ4n) is 4.77. The van der Waals surface area contributed by atoms with Crippen LogP contribution in [0.15, 0.2) is 84.9 Å². The van der Waals surface area contributed by atoms with Gasteiger partial charge < -0.3 is 19.1 Å². The molecule has 3 aromatic carbocycles. The van der Waals surface area contributed by atoms with Gasteiger partial charge in [0.2, 0.25) is 0 Å². The molecule has 2 amide bonds. The largest absolute Gasteiger partial charge is 0.497 e. The zero-order valence-electron chi connectivity index (χ0n) is 20.9. The SMILES string of the molecule is COc1ccc(C(=O)N2CCN(C(=O)c3cc(-c4ccc(Cl)cc4)n(-c4ccccc4)c3C)CC2)cc1. The molecule has 0 unspecified atom stereocenters. The molecule has 1 aromatic heterocycles. The Morgan fingerprint density at radius 1 is 0.784 bits per heavy atom. The lowest BCUT2D eigenvalue weighted by molar-refractivity contribution is 0.0535. The Kier molecular flexibility index (Phi) is 7.01. The number of hydrogen-bond donors (Lipinski definition) is 0. The van der Waals surface area contributed by atoms with Gasteiger partial charge in [-0.15, -0.1) is 0 Å². The number of methoxy groups -OCH3 is 1. The van der Waals surface area contributed by atoms with Crippen molar-refractivity contribution in [3.63, 3.8) is 0 Å². The van der Waals surface area contributed by atoms with E-state index in [2.05, 4.69) is 4.57 Å². The number of nitrogens with zero attached hydrogens (tertiary/aromatic N) is 3. The van der Waals surface area contributed by atoms with Gasteiger partial charge in [-0.2, -0.15) is 0 Å². The standard InChI is InChI=1S/C30H28ClN3O3/c1-21-27(20-28(22-8-12-24(31)13-9-22)34(21)25-6-4-3-5-7-25)30(36)33-18-16-32(17-19-33)29(35)23-10-14-26(37-2)15-11-23/h3-15,20H,16-19H2,1-2H3. The van der Waals surface area contributed by atoms with Gasteiger partial charge in [0.05, 0.1) is 18.4 Å². The van der Waals surface area contributed by atoms with E-state index in [0.29, 0.717) is 48.1 Å². The molecule has 188 valence electrons. The first-order valence-corrected chi connectivity index (χ1v) is 12.6. The minimum atomic E-state index is -0.0359. The van der Waals surface area contributed by atoms with Crippen molar-refractivity contribution in [1.82, 2.24) is 14.4 Å². The first kappa shape index (κ1) is 24.7. The number of benzene rings is 3. The monoisotopic (exact) mass is 513 g/mol. The molecule has 7 heteroatoms. The fourth-order valence-corrected chi connectivity index (χ4v) is 4.89. The van der Waals surface area contributed by atoms with Crippen LogP contribution in [0.5, 0.6) is 5.75 Å². The van der Waals surface area contributed by atoms with Crippen LogP contribution in [-0.4, -0.2) is 59.5 Å². The van der Waals surface area contributed by atoms with Crippen molar-refractivity contribution in [2.45, 2.75) is 6.92 Å². The molecule has 0 bridgehead atoms. The number of carbonyl (C=O) groups is 2. The van der Waals surface area contributed by atoms with Gasteiger partial charge in [-0.05, 0) is 67.1 Å². The number of carbonyl (C=O) groups excluding carboxylic acids is 2. The molecule has 37 heavy (non-hydrogen) atoms. The van der Waals surface area contributed by atoms with Crippen molar-refractivity contribution in [2.24, 2.45) is 0 Å². The Balaban J connectivity index is 1.38. The van der Waals surface area contributed by atoms with Gasteiger partial charge in [0.1, 0.15) is 5.75 Å². The summed E-state index contributed by atoms with van der Waals surface area (Å²) < 4.78 is 7.29. The Bertz CT molecular complexity index is 1410. The minimum absolute atomic E-state index is 0.0288. The summed E-state index contributed by atoms with van der Waals surface area (Å²) in [6.45, 7) is 3.90. The summed E-state index contributed by atoms with van der Waals surface area (Å²) >= 11 is 6.13. The van der Waals surface area contributed by atoms with Crippen LogP contribution >= 0.6 is 11.6 Å². The van der Waals surface area contributed by atoms with Crippen LogP contribution < -0.4 is 4.74 Å². The van der Waals surface area contributed by atoms with Crippen LogP contribution in [0.4, 0.5) is 0 Å². The molecule has 1 aliphatic rings. The van der Waals surface area contributed by atoms with Gasteiger partial charge in [-0.25, -0.2) is 0 Å². The Morgan fingerprint density at radius 3 is 1.97 bits per heavy atom. The topological polar surface area (TPSA) is 54.8 Å². The Morgan fingerprint density at radius 2 is 1.38 bits per heavy atom. The van der Waals surface area contributed by atoms with Gasteiger partial charge in [-0.3, -0.25) is 9.59 Å². The molecule has 0 radical (unpaired) electrons. The second-order valence-electron chi connectivity index (χ2n) is 9.02. The first-order chi connectivity index (χ1) is 18.0. The smallest absolute Gasteiger partial charge is 0.255 e. The number of hydrogen-bond acceptors (Lipinski definition) is 3. The zero-order chi connectivity index (χ0) is 25.9. The van der Waals surface area contributed by atoms with Crippen LogP contribution in [0.1, 0.15) is 26.4 Å². The number of halogens is 1. The molecule has 2 heterocycles. The maximum absolute atomic E-state index is 13.7. The van der Waals surface area contributed by atoms with E-state index in [1.165, 1.54) is 0 Å². The van der Waals surface area contributed by atoms with E-state index in [0.717, 1.165) is 22.6 Å². The molecule has 0 N–H and O–H groups in total. The highest BCUT2D eigenvalue weighted by Gasteiger charge is 2.28. The summed E-state index contributed by atoms with van der Waals surface area (Å²) in [4.78, 5) is 30.3. The Labute approximate surface area is 221 Å². The molecule has 0 atom stereocenters. The number of piperazine rings is 1. The summed E-state index contributed by atoms with van der Waals surface area (Å²) in [5, 5.41) is 0.664. The lowest BCUT2D eigenvalue weighted by Crippen LogP contribution is -2.50. The molecule has 1 saturated heterocycles. The highest BCUT2D eigenvalue weighted by molar-refractivity contribution is 6.30. The summed E-state index contributed by atoms with van der Waals surface area (Å²) in [5.41, 5.74) is 5.03. The number of aromatic nitrogens is 1. The second-order valence-corrected chi connectivity index (χ2v) is 9.46. The van der Waals surface area contributed by atoms with Crippen LogP contribution in [-0.2, 0) is 0 Å². The van der Waals surface area contributed by atoms with Crippen molar-refractivity contribution >= 4 is 23.4 Å². The van der Waals surface area contributed by atoms with Crippen molar-refractivity contribution < 1.29 is 14.3 Å². The lowest BCUT2D eigenvalue weighted by Gasteiger charge is -2.35.